The number of nitrogens with one attached hydrogen (secondary N) is 1. The van der Waals surface area contributed by atoms with Crippen LogP contribution in [0.15, 0.2) is 0 Å². The molecule has 0 aromatic carbocycles. The third kappa shape index (κ3) is 3.27. The van der Waals surface area contributed by atoms with Gasteiger partial charge in [-0.15, -0.1) is 11.3 Å². The molecule has 1 aromatic rings. The summed E-state index contributed by atoms with van der Waals surface area (Å²) in [5.41, 5.74) is 7.08. The van der Waals surface area contributed by atoms with Crippen molar-refractivity contribution in [3.63, 3.8) is 0 Å². The molecular formula is C16H23N3O3S. The number of anilines is 1. The zero-order valence-electron chi connectivity index (χ0n) is 13.6. The van der Waals surface area contributed by atoms with Gasteiger partial charge in [0.2, 0.25) is 5.91 Å². The number of amides is 2. The predicted octanol–water partition coefficient (Wildman–Crippen LogP) is 1.38. The molecule has 1 aromatic heterocycles. The Bertz CT molecular complexity index is 628. The largest absolute Gasteiger partial charge is 0.376 e. The van der Waals surface area contributed by atoms with Crippen LogP contribution in [-0.2, 0) is 22.4 Å². The number of carbonyl (C=O) groups is 2. The number of hydrogen-bond donors (Lipinski definition) is 2. The van der Waals surface area contributed by atoms with Gasteiger partial charge in [-0.3, -0.25) is 14.5 Å². The molecule has 3 N–H and O–H groups in total. The Morgan fingerprint density at radius 2 is 2.22 bits per heavy atom. The van der Waals surface area contributed by atoms with Gasteiger partial charge in [0.15, 0.2) is 0 Å². The van der Waals surface area contributed by atoms with E-state index in [1.807, 2.05) is 13.8 Å². The minimum atomic E-state index is -0.452. The molecular weight excluding hydrogens is 314 g/mol. The number of thiophene rings is 1. The first-order chi connectivity index (χ1) is 11.0. The summed E-state index contributed by atoms with van der Waals surface area (Å²) in [6.07, 6.45) is 3.02. The number of fused-ring (bicyclic) bond motifs is 1. The summed E-state index contributed by atoms with van der Waals surface area (Å²) < 4.78 is 5.52. The van der Waals surface area contributed by atoms with Gasteiger partial charge in [-0.2, -0.15) is 0 Å². The fourth-order valence-corrected chi connectivity index (χ4v) is 4.63. The molecule has 23 heavy (non-hydrogen) atoms. The third-order valence-electron chi connectivity index (χ3n) is 4.60. The monoisotopic (exact) mass is 337 g/mol. The number of nitrogens with two attached hydrogens (primary N) is 1. The van der Waals surface area contributed by atoms with E-state index in [0.717, 1.165) is 37.9 Å². The number of hydrogen-bond acceptors (Lipinski definition) is 5. The SMILES string of the molecule is C[C@@H]1CN([C@H](C)C(=O)Nc2sc3c(c2C(N)=O)CCC3)CCO1. The van der Waals surface area contributed by atoms with E-state index in [0.29, 0.717) is 17.2 Å². The van der Waals surface area contributed by atoms with Crippen LogP contribution >= 0.6 is 11.3 Å². The summed E-state index contributed by atoms with van der Waals surface area (Å²) in [5.74, 6) is -0.547. The van der Waals surface area contributed by atoms with Gasteiger partial charge in [-0.05, 0) is 38.7 Å². The lowest BCUT2D eigenvalue weighted by molar-refractivity contribution is -0.123. The van der Waals surface area contributed by atoms with Gasteiger partial charge < -0.3 is 15.8 Å². The van der Waals surface area contributed by atoms with Crippen molar-refractivity contribution in [3.05, 3.63) is 16.0 Å². The lowest BCUT2D eigenvalue weighted by Crippen LogP contribution is -2.50. The third-order valence-corrected chi connectivity index (χ3v) is 5.81. The lowest BCUT2D eigenvalue weighted by atomic mass is 10.1. The molecule has 1 fully saturated rings. The van der Waals surface area contributed by atoms with E-state index in [4.69, 9.17) is 10.5 Å². The highest BCUT2D eigenvalue weighted by Crippen LogP contribution is 2.38. The van der Waals surface area contributed by atoms with Crippen molar-refractivity contribution < 1.29 is 14.3 Å². The summed E-state index contributed by atoms with van der Waals surface area (Å²) in [5, 5.41) is 3.54. The molecule has 0 bridgehead atoms. The van der Waals surface area contributed by atoms with Crippen LogP contribution in [0.2, 0.25) is 0 Å². The maximum atomic E-state index is 12.6. The topological polar surface area (TPSA) is 84.7 Å². The number of nitrogens with zero attached hydrogens (tertiary/aromatic N) is 1. The molecule has 2 heterocycles. The lowest BCUT2D eigenvalue weighted by Gasteiger charge is -2.34. The van der Waals surface area contributed by atoms with Crippen molar-refractivity contribution in [2.45, 2.75) is 45.3 Å². The van der Waals surface area contributed by atoms with Crippen molar-refractivity contribution in [3.8, 4) is 0 Å². The number of rotatable bonds is 4. The molecule has 2 aliphatic rings. The molecule has 2 atom stereocenters. The van der Waals surface area contributed by atoms with Crippen LogP contribution in [0, 0.1) is 0 Å². The normalized spacial score (nSPS) is 22.6. The van der Waals surface area contributed by atoms with Gasteiger partial charge in [0.1, 0.15) is 5.00 Å². The molecule has 3 rings (SSSR count). The number of morpholine rings is 1. The van der Waals surface area contributed by atoms with E-state index in [9.17, 15) is 9.59 Å². The number of aryl methyl sites for hydroxylation is 1. The van der Waals surface area contributed by atoms with E-state index < -0.39 is 5.91 Å². The average molecular weight is 337 g/mol. The molecule has 6 nitrogen and oxygen atoms in total. The quantitative estimate of drug-likeness (QED) is 0.869. The maximum absolute atomic E-state index is 12.6. The highest BCUT2D eigenvalue weighted by atomic mass is 32.1. The van der Waals surface area contributed by atoms with Gasteiger partial charge in [0.05, 0.1) is 24.3 Å². The molecule has 1 aliphatic carbocycles. The Morgan fingerprint density at radius 3 is 2.91 bits per heavy atom. The van der Waals surface area contributed by atoms with E-state index in [1.54, 1.807) is 0 Å². The van der Waals surface area contributed by atoms with E-state index >= 15 is 0 Å². The van der Waals surface area contributed by atoms with Gasteiger partial charge in [0.25, 0.3) is 5.91 Å². The van der Waals surface area contributed by atoms with E-state index in [1.165, 1.54) is 16.2 Å². The summed E-state index contributed by atoms with van der Waals surface area (Å²) >= 11 is 1.49. The Hall–Kier alpha value is -1.44. The minimum absolute atomic E-state index is 0.0958. The smallest absolute Gasteiger partial charge is 0.251 e. The second-order valence-electron chi connectivity index (χ2n) is 6.27. The fraction of sp³-hybridized carbons (Fsp3) is 0.625. The summed E-state index contributed by atoms with van der Waals surface area (Å²) in [4.78, 5) is 27.7. The number of primary amides is 1. The Balaban J connectivity index is 1.74. The van der Waals surface area contributed by atoms with Crippen molar-refractivity contribution in [1.82, 2.24) is 4.90 Å². The Kier molecular flexibility index (Phi) is 4.70. The van der Waals surface area contributed by atoms with Crippen molar-refractivity contribution in [2.75, 3.05) is 25.0 Å². The van der Waals surface area contributed by atoms with Crippen LogP contribution in [0.4, 0.5) is 5.00 Å². The molecule has 0 radical (unpaired) electrons. The molecule has 0 unspecified atom stereocenters. The molecule has 0 spiro atoms. The second-order valence-corrected chi connectivity index (χ2v) is 7.37. The fourth-order valence-electron chi connectivity index (χ4n) is 3.33. The Morgan fingerprint density at radius 1 is 1.43 bits per heavy atom. The first-order valence-electron chi connectivity index (χ1n) is 8.08. The van der Waals surface area contributed by atoms with E-state index in [2.05, 4.69) is 10.2 Å². The highest BCUT2D eigenvalue weighted by Gasteiger charge is 2.30. The average Bonchev–Trinajstić information content (AvgIpc) is 3.06. The van der Waals surface area contributed by atoms with Crippen molar-refractivity contribution >= 4 is 28.2 Å². The van der Waals surface area contributed by atoms with Gasteiger partial charge >= 0.3 is 0 Å². The van der Waals surface area contributed by atoms with Gasteiger partial charge in [-0.1, -0.05) is 0 Å². The first kappa shape index (κ1) is 16.4. The first-order valence-corrected chi connectivity index (χ1v) is 8.90. The molecule has 1 aliphatic heterocycles. The van der Waals surface area contributed by atoms with Crippen LogP contribution in [0.5, 0.6) is 0 Å². The second kappa shape index (κ2) is 6.59. The molecule has 0 saturated carbocycles. The van der Waals surface area contributed by atoms with Crippen LogP contribution in [-0.4, -0.2) is 48.6 Å². The summed E-state index contributed by atoms with van der Waals surface area (Å²) in [7, 11) is 0. The van der Waals surface area contributed by atoms with Gasteiger partial charge in [0, 0.05) is 18.0 Å². The van der Waals surface area contributed by atoms with Crippen LogP contribution in [0.25, 0.3) is 0 Å². The van der Waals surface area contributed by atoms with Crippen LogP contribution in [0.1, 0.15) is 41.1 Å². The van der Waals surface area contributed by atoms with Crippen LogP contribution < -0.4 is 11.1 Å². The van der Waals surface area contributed by atoms with Gasteiger partial charge in [-0.25, -0.2) is 0 Å². The molecule has 1 saturated heterocycles. The summed E-state index contributed by atoms with van der Waals surface area (Å²) in [6.45, 7) is 6.00. The number of carbonyl (C=O) groups excluding carboxylic acids is 2. The minimum Gasteiger partial charge on any atom is -0.376 e. The summed E-state index contributed by atoms with van der Waals surface area (Å²) in [6, 6.07) is -0.265. The maximum Gasteiger partial charge on any atom is 0.251 e. The van der Waals surface area contributed by atoms with Crippen molar-refractivity contribution in [1.29, 1.82) is 0 Å². The Labute approximate surface area is 140 Å². The molecule has 7 heteroatoms. The molecule has 2 amide bonds. The van der Waals surface area contributed by atoms with Crippen molar-refractivity contribution in [2.24, 2.45) is 5.73 Å². The molecule has 126 valence electrons. The standard InChI is InChI=1S/C16H23N3O3S/c1-9-8-19(6-7-22-9)10(2)15(21)18-16-13(14(17)20)11-4-3-5-12(11)23-16/h9-10H,3-8H2,1-2H3,(H2,17,20)(H,18,21)/t9-,10-/m1/s1. The highest BCUT2D eigenvalue weighted by molar-refractivity contribution is 7.17. The number of ether oxygens (including phenoxy) is 1. The van der Waals surface area contributed by atoms with Crippen LogP contribution in [0.3, 0.4) is 0 Å². The zero-order chi connectivity index (χ0) is 16.6. The van der Waals surface area contributed by atoms with E-state index in [-0.39, 0.29) is 18.1 Å². The zero-order valence-corrected chi connectivity index (χ0v) is 14.4. The predicted molar refractivity (Wildman–Crippen MR) is 89.9 cm³/mol.